The van der Waals surface area contributed by atoms with Gasteiger partial charge in [-0.05, 0) is 6.54 Å². The van der Waals surface area contributed by atoms with E-state index in [1.165, 1.54) is 0 Å². The summed E-state index contributed by atoms with van der Waals surface area (Å²) in [5.41, 5.74) is 4.95. The molecular weight excluding hydrogens is 118 g/mol. The van der Waals surface area contributed by atoms with Crippen molar-refractivity contribution in [2.24, 2.45) is 11.1 Å². The van der Waals surface area contributed by atoms with Crippen LogP contribution in [-0.2, 0) is 0 Å². The van der Waals surface area contributed by atoms with Gasteiger partial charge in [0.15, 0.2) is 0 Å². The number of nitrogens with two attached hydrogens (primary N) is 1. The highest BCUT2D eigenvalue weighted by atomic mass is 16.3. The highest BCUT2D eigenvalue weighted by Gasteiger charge is 2.24. The van der Waals surface area contributed by atoms with Gasteiger partial charge in [-0.25, -0.2) is 0 Å². The van der Waals surface area contributed by atoms with E-state index >= 15 is 0 Å². The number of aliphatic hydroxyl groups excluding tert-OH is 2. The van der Waals surface area contributed by atoms with Crippen LogP contribution in [0.2, 0.25) is 0 Å². The van der Waals surface area contributed by atoms with Crippen molar-refractivity contribution in [2.75, 3.05) is 13.2 Å². The molecule has 0 heterocycles. The van der Waals surface area contributed by atoms with Gasteiger partial charge < -0.3 is 15.9 Å². The molecule has 0 aliphatic carbocycles. The van der Waals surface area contributed by atoms with E-state index in [-0.39, 0.29) is 12.0 Å². The molecule has 0 aliphatic rings. The largest absolute Gasteiger partial charge is 0.394 e. The Labute approximate surface area is 55.5 Å². The second kappa shape index (κ2) is 3.15. The molecule has 0 saturated heterocycles. The Balaban J connectivity index is 3.80. The van der Waals surface area contributed by atoms with E-state index in [0.29, 0.717) is 6.54 Å². The maximum Gasteiger partial charge on any atom is 0.0833 e. The van der Waals surface area contributed by atoms with Crippen molar-refractivity contribution in [3.8, 4) is 0 Å². The zero-order valence-corrected chi connectivity index (χ0v) is 5.96. The van der Waals surface area contributed by atoms with Crippen LogP contribution in [0.5, 0.6) is 0 Å². The summed E-state index contributed by atoms with van der Waals surface area (Å²) in [6.45, 7) is 3.79. The lowest BCUT2D eigenvalue weighted by atomic mass is 9.87. The first kappa shape index (κ1) is 8.88. The summed E-state index contributed by atoms with van der Waals surface area (Å²) in [4.78, 5) is 0. The van der Waals surface area contributed by atoms with Crippen molar-refractivity contribution in [3.63, 3.8) is 0 Å². The molecule has 4 N–H and O–H groups in total. The molecule has 0 bridgehead atoms. The van der Waals surface area contributed by atoms with Crippen LogP contribution in [0.4, 0.5) is 0 Å². The van der Waals surface area contributed by atoms with E-state index in [1.54, 1.807) is 0 Å². The van der Waals surface area contributed by atoms with E-state index < -0.39 is 6.10 Å². The van der Waals surface area contributed by atoms with Crippen molar-refractivity contribution in [2.45, 2.75) is 20.0 Å². The number of hydrogen-bond donors (Lipinski definition) is 3. The summed E-state index contributed by atoms with van der Waals surface area (Å²) >= 11 is 0. The lowest BCUT2D eigenvalue weighted by Crippen LogP contribution is -2.38. The van der Waals surface area contributed by atoms with E-state index in [2.05, 4.69) is 0 Å². The van der Waals surface area contributed by atoms with Gasteiger partial charge in [-0.2, -0.15) is 0 Å². The zero-order valence-electron chi connectivity index (χ0n) is 5.96. The highest BCUT2D eigenvalue weighted by molar-refractivity contribution is 4.77. The third kappa shape index (κ3) is 2.30. The molecule has 56 valence electrons. The minimum Gasteiger partial charge on any atom is -0.394 e. The van der Waals surface area contributed by atoms with Crippen LogP contribution in [0.15, 0.2) is 0 Å². The van der Waals surface area contributed by atoms with Gasteiger partial charge in [-0.1, -0.05) is 13.8 Å². The molecule has 0 spiro atoms. The standard InChI is InChI=1S/C6H15NO2/c1-6(2,4-7)5(9)3-8/h5,8-9H,3-4,7H2,1-2H3/t5-/m1/s1. The Morgan fingerprint density at radius 1 is 1.56 bits per heavy atom. The minimum atomic E-state index is -0.706. The smallest absolute Gasteiger partial charge is 0.0833 e. The van der Waals surface area contributed by atoms with Crippen LogP contribution >= 0.6 is 0 Å². The van der Waals surface area contributed by atoms with E-state index in [4.69, 9.17) is 15.9 Å². The van der Waals surface area contributed by atoms with E-state index in [1.807, 2.05) is 13.8 Å². The fraction of sp³-hybridized carbons (Fsp3) is 1.00. The fourth-order valence-electron chi connectivity index (χ4n) is 0.383. The zero-order chi connectivity index (χ0) is 7.49. The summed E-state index contributed by atoms with van der Waals surface area (Å²) < 4.78 is 0. The first-order valence-electron chi connectivity index (χ1n) is 3.03. The van der Waals surface area contributed by atoms with Crippen LogP contribution in [-0.4, -0.2) is 29.5 Å². The molecule has 0 unspecified atom stereocenters. The molecule has 3 heteroatoms. The van der Waals surface area contributed by atoms with Gasteiger partial charge >= 0.3 is 0 Å². The SMILES string of the molecule is CC(C)(CN)[C@H](O)CO. The van der Waals surface area contributed by atoms with Gasteiger partial charge in [0.05, 0.1) is 12.7 Å². The number of rotatable bonds is 3. The van der Waals surface area contributed by atoms with Gasteiger partial charge in [0, 0.05) is 5.41 Å². The van der Waals surface area contributed by atoms with Crippen LogP contribution in [0.3, 0.4) is 0 Å². The molecular formula is C6H15NO2. The molecule has 0 saturated carbocycles. The van der Waals surface area contributed by atoms with E-state index in [9.17, 15) is 0 Å². The predicted octanol–water partition coefficient (Wildman–Crippen LogP) is -0.676. The van der Waals surface area contributed by atoms with Crippen LogP contribution in [0.25, 0.3) is 0 Å². The van der Waals surface area contributed by atoms with Crippen molar-refractivity contribution in [1.29, 1.82) is 0 Å². The summed E-state index contributed by atoms with van der Waals surface area (Å²) in [7, 11) is 0. The van der Waals surface area contributed by atoms with Crippen molar-refractivity contribution in [1.82, 2.24) is 0 Å². The minimum absolute atomic E-state index is 0.218. The molecule has 0 fully saturated rings. The molecule has 3 nitrogen and oxygen atoms in total. The normalized spacial score (nSPS) is 15.7. The Hall–Kier alpha value is -0.120. The molecule has 0 aromatic carbocycles. The third-order valence-corrected chi connectivity index (χ3v) is 1.60. The summed E-state index contributed by atoms with van der Waals surface area (Å²) in [6.07, 6.45) is -0.706. The molecule has 1 atom stereocenters. The highest BCUT2D eigenvalue weighted by Crippen LogP contribution is 2.17. The van der Waals surface area contributed by atoms with Gasteiger partial charge in [0.2, 0.25) is 0 Å². The monoisotopic (exact) mass is 133 g/mol. The van der Waals surface area contributed by atoms with Crippen LogP contribution in [0.1, 0.15) is 13.8 Å². The van der Waals surface area contributed by atoms with Crippen LogP contribution < -0.4 is 5.73 Å². The first-order chi connectivity index (χ1) is 4.04. The van der Waals surface area contributed by atoms with Gasteiger partial charge in [0.25, 0.3) is 0 Å². The number of aliphatic hydroxyl groups is 2. The topological polar surface area (TPSA) is 66.5 Å². The Kier molecular flexibility index (Phi) is 3.11. The average Bonchev–Trinajstić information content (AvgIpc) is 1.86. The van der Waals surface area contributed by atoms with Crippen molar-refractivity contribution >= 4 is 0 Å². The lowest BCUT2D eigenvalue weighted by molar-refractivity contribution is 0.00833. The lowest BCUT2D eigenvalue weighted by Gasteiger charge is -2.26. The number of hydrogen-bond acceptors (Lipinski definition) is 3. The molecule has 0 rings (SSSR count). The molecule has 0 aromatic rings. The maximum atomic E-state index is 9.06. The summed E-state index contributed by atoms with van der Waals surface area (Å²) in [5.74, 6) is 0. The Morgan fingerprint density at radius 3 is 2.11 bits per heavy atom. The van der Waals surface area contributed by atoms with Crippen molar-refractivity contribution < 1.29 is 10.2 Å². The van der Waals surface area contributed by atoms with Gasteiger partial charge in [-0.3, -0.25) is 0 Å². The quantitative estimate of drug-likeness (QED) is 0.478. The average molecular weight is 133 g/mol. The van der Waals surface area contributed by atoms with Crippen molar-refractivity contribution in [3.05, 3.63) is 0 Å². The molecule has 0 aromatic heterocycles. The van der Waals surface area contributed by atoms with Gasteiger partial charge in [-0.15, -0.1) is 0 Å². The molecule has 0 amide bonds. The third-order valence-electron chi connectivity index (χ3n) is 1.60. The second-order valence-corrected chi connectivity index (χ2v) is 2.89. The molecule has 0 radical (unpaired) electrons. The first-order valence-corrected chi connectivity index (χ1v) is 3.03. The Bertz CT molecular complexity index is 83.1. The summed E-state index contributed by atoms with van der Waals surface area (Å²) in [5, 5.41) is 17.6. The van der Waals surface area contributed by atoms with Crippen LogP contribution in [0, 0.1) is 5.41 Å². The molecule has 0 aliphatic heterocycles. The Morgan fingerprint density at radius 2 is 2.00 bits per heavy atom. The molecule has 9 heavy (non-hydrogen) atoms. The second-order valence-electron chi connectivity index (χ2n) is 2.89. The van der Waals surface area contributed by atoms with E-state index in [0.717, 1.165) is 0 Å². The fourth-order valence-corrected chi connectivity index (χ4v) is 0.383. The predicted molar refractivity (Wildman–Crippen MR) is 35.9 cm³/mol. The maximum absolute atomic E-state index is 9.06. The van der Waals surface area contributed by atoms with Gasteiger partial charge in [0.1, 0.15) is 0 Å². The summed E-state index contributed by atoms with van der Waals surface area (Å²) in [6, 6.07) is 0.